The van der Waals surface area contributed by atoms with Gasteiger partial charge in [0.15, 0.2) is 0 Å². The molecule has 0 unspecified atom stereocenters. The molecule has 0 aliphatic carbocycles. The van der Waals surface area contributed by atoms with Crippen LogP contribution in [0.3, 0.4) is 0 Å². The van der Waals surface area contributed by atoms with Gasteiger partial charge in [0.25, 0.3) is 6.01 Å². The predicted molar refractivity (Wildman–Crippen MR) is 92.5 cm³/mol. The Morgan fingerprint density at radius 1 is 1.12 bits per heavy atom. The van der Waals surface area contributed by atoms with Crippen molar-refractivity contribution >= 4 is 27.7 Å². The van der Waals surface area contributed by atoms with Crippen molar-refractivity contribution in [3.63, 3.8) is 0 Å². The number of hydrogen-bond donors (Lipinski definition) is 2. The highest BCUT2D eigenvalue weighted by molar-refractivity contribution is 7.89. The zero-order valence-corrected chi connectivity index (χ0v) is 14.4. The summed E-state index contributed by atoms with van der Waals surface area (Å²) in [7, 11) is -0.826. The molecule has 0 amide bonds. The average Bonchev–Trinajstić information content (AvgIpc) is 3.08. The van der Waals surface area contributed by atoms with Crippen LogP contribution in [0.15, 0.2) is 52.4 Å². The van der Waals surface area contributed by atoms with E-state index in [9.17, 15) is 8.42 Å². The number of rotatable bonds is 5. The topological polar surface area (TPSA) is 127 Å². The van der Waals surface area contributed by atoms with Gasteiger partial charge in [-0.25, -0.2) is 27.7 Å². The van der Waals surface area contributed by atoms with Crippen molar-refractivity contribution < 1.29 is 12.8 Å². The molecular weight excluding hydrogens is 344 g/mol. The fourth-order valence-corrected chi connectivity index (χ4v) is 3.08. The minimum absolute atomic E-state index is 0.0472. The average molecular weight is 360 g/mol. The Labute approximate surface area is 144 Å². The second kappa shape index (κ2) is 6.49. The molecule has 0 bridgehead atoms. The molecule has 0 aromatic carbocycles. The Kier molecular flexibility index (Phi) is 4.38. The van der Waals surface area contributed by atoms with Crippen molar-refractivity contribution in [1.82, 2.24) is 19.3 Å². The predicted octanol–water partition coefficient (Wildman–Crippen LogP) is 1.71. The first kappa shape index (κ1) is 16.9. The molecule has 3 heterocycles. The van der Waals surface area contributed by atoms with Gasteiger partial charge >= 0.3 is 0 Å². The van der Waals surface area contributed by atoms with Gasteiger partial charge in [-0.05, 0) is 23.8 Å². The van der Waals surface area contributed by atoms with Gasteiger partial charge in [0, 0.05) is 32.1 Å². The molecule has 0 spiro atoms. The van der Waals surface area contributed by atoms with Crippen LogP contribution in [0.25, 0.3) is 11.1 Å². The second-order valence-electron chi connectivity index (χ2n) is 5.29. The number of nitrogen functional groups attached to an aromatic ring is 1. The number of sulfonamides is 1. The zero-order chi connectivity index (χ0) is 18.0. The highest BCUT2D eigenvalue weighted by Gasteiger charge is 2.22. The van der Waals surface area contributed by atoms with Crippen LogP contribution in [0, 0.1) is 0 Å². The van der Waals surface area contributed by atoms with E-state index in [4.69, 9.17) is 10.2 Å². The van der Waals surface area contributed by atoms with Crippen molar-refractivity contribution in [3.8, 4) is 11.1 Å². The lowest BCUT2D eigenvalue weighted by Crippen LogP contribution is -2.23. The normalized spacial score (nSPS) is 11.6. The molecule has 3 rings (SSSR count). The minimum Gasteiger partial charge on any atom is -0.432 e. The van der Waals surface area contributed by atoms with Gasteiger partial charge in [-0.1, -0.05) is 0 Å². The maximum absolute atomic E-state index is 12.4. The summed E-state index contributed by atoms with van der Waals surface area (Å²) < 4.78 is 31.0. The van der Waals surface area contributed by atoms with Crippen LogP contribution < -0.4 is 11.1 Å². The van der Waals surface area contributed by atoms with E-state index >= 15 is 0 Å². The van der Waals surface area contributed by atoms with Gasteiger partial charge in [-0.3, -0.25) is 5.32 Å². The van der Waals surface area contributed by atoms with E-state index in [2.05, 4.69) is 20.3 Å². The fraction of sp³-hybridized carbons (Fsp3) is 0.133. The number of pyridine rings is 2. The summed E-state index contributed by atoms with van der Waals surface area (Å²) >= 11 is 0. The third kappa shape index (κ3) is 3.44. The Morgan fingerprint density at radius 3 is 2.60 bits per heavy atom. The lowest BCUT2D eigenvalue weighted by molar-refractivity contribution is 0.521. The fourth-order valence-electron chi connectivity index (χ4n) is 2.09. The van der Waals surface area contributed by atoms with E-state index in [0.717, 1.165) is 4.31 Å². The number of aromatic nitrogens is 3. The molecule has 3 N–H and O–H groups in total. The van der Waals surface area contributed by atoms with Gasteiger partial charge in [0.05, 0.1) is 6.20 Å². The lowest BCUT2D eigenvalue weighted by Gasteiger charge is -2.14. The van der Waals surface area contributed by atoms with E-state index in [1.165, 1.54) is 38.8 Å². The van der Waals surface area contributed by atoms with Gasteiger partial charge < -0.3 is 10.2 Å². The number of oxazole rings is 1. The summed E-state index contributed by atoms with van der Waals surface area (Å²) in [4.78, 5) is 12.1. The van der Waals surface area contributed by atoms with Crippen LogP contribution in [0.2, 0.25) is 0 Å². The first-order valence-electron chi connectivity index (χ1n) is 7.19. The highest BCUT2D eigenvalue weighted by Crippen LogP contribution is 2.27. The Balaban J connectivity index is 2.00. The van der Waals surface area contributed by atoms with Crippen molar-refractivity contribution in [2.45, 2.75) is 4.90 Å². The molecule has 0 fully saturated rings. The van der Waals surface area contributed by atoms with E-state index in [-0.39, 0.29) is 10.7 Å². The van der Waals surface area contributed by atoms with Crippen molar-refractivity contribution in [2.24, 2.45) is 0 Å². The highest BCUT2D eigenvalue weighted by atomic mass is 32.2. The largest absolute Gasteiger partial charge is 0.432 e. The first-order chi connectivity index (χ1) is 11.9. The molecule has 3 aromatic heterocycles. The maximum Gasteiger partial charge on any atom is 0.300 e. The first-order valence-corrected chi connectivity index (χ1v) is 8.63. The second-order valence-corrected chi connectivity index (χ2v) is 7.41. The molecule has 0 aliphatic rings. The Hall–Kier alpha value is -2.98. The maximum atomic E-state index is 12.4. The van der Waals surface area contributed by atoms with Gasteiger partial charge in [0.2, 0.25) is 10.0 Å². The number of nitrogens with two attached hydrogens (primary N) is 1. The minimum atomic E-state index is -3.70. The Morgan fingerprint density at radius 2 is 1.92 bits per heavy atom. The molecule has 0 atom stereocenters. The smallest absolute Gasteiger partial charge is 0.300 e. The summed E-state index contributed by atoms with van der Waals surface area (Å²) in [5, 5.41) is 2.91. The molecule has 0 radical (unpaired) electrons. The monoisotopic (exact) mass is 360 g/mol. The molecule has 9 nitrogen and oxygen atoms in total. The molecule has 0 saturated heterocycles. The zero-order valence-electron chi connectivity index (χ0n) is 13.5. The van der Waals surface area contributed by atoms with Gasteiger partial charge in [-0.2, -0.15) is 0 Å². The van der Waals surface area contributed by atoms with Crippen LogP contribution in [-0.4, -0.2) is 41.8 Å². The summed E-state index contributed by atoms with van der Waals surface area (Å²) in [5.74, 6) is 0.443. The standard InChI is InChI=1S/C15H16N6O3S/c1-21(2)25(22,23)12-7-11(9-19-14(12)16)10-3-4-17-13(8-10)20-15-18-5-6-24-15/h3-9H,1-2H3,(H2,16,19)(H,17,18,20). The van der Waals surface area contributed by atoms with Crippen LogP contribution in [0.4, 0.5) is 17.7 Å². The molecule has 0 aliphatic heterocycles. The molecule has 0 saturated carbocycles. The summed E-state index contributed by atoms with van der Waals surface area (Å²) in [5.41, 5.74) is 7.05. The van der Waals surface area contributed by atoms with Crippen molar-refractivity contribution in [1.29, 1.82) is 0 Å². The number of nitrogens with one attached hydrogen (secondary N) is 1. The van der Waals surface area contributed by atoms with Crippen LogP contribution in [-0.2, 0) is 10.0 Å². The van der Waals surface area contributed by atoms with Crippen LogP contribution in [0.5, 0.6) is 0 Å². The van der Waals surface area contributed by atoms with Crippen molar-refractivity contribution in [3.05, 3.63) is 43.1 Å². The van der Waals surface area contributed by atoms with Crippen molar-refractivity contribution in [2.75, 3.05) is 25.1 Å². The van der Waals surface area contributed by atoms with Gasteiger partial charge in [-0.15, -0.1) is 0 Å². The third-order valence-electron chi connectivity index (χ3n) is 3.40. The quantitative estimate of drug-likeness (QED) is 0.704. The summed E-state index contributed by atoms with van der Waals surface area (Å²) in [6.45, 7) is 0. The van der Waals surface area contributed by atoms with Gasteiger partial charge in [0.1, 0.15) is 22.8 Å². The molecule has 10 heteroatoms. The third-order valence-corrected chi connectivity index (χ3v) is 5.25. The van der Waals surface area contributed by atoms with E-state index in [0.29, 0.717) is 23.0 Å². The van der Waals surface area contributed by atoms with E-state index < -0.39 is 10.0 Å². The number of nitrogens with zero attached hydrogens (tertiary/aromatic N) is 4. The Bertz CT molecular complexity index is 986. The van der Waals surface area contributed by atoms with Crippen LogP contribution in [0.1, 0.15) is 0 Å². The molecule has 130 valence electrons. The van der Waals surface area contributed by atoms with Crippen LogP contribution >= 0.6 is 0 Å². The molecule has 25 heavy (non-hydrogen) atoms. The number of hydrogen-bond acceptors (Lipinski definition) is 8. The summed E-state index contributed by atoms with van der Waals surface area (Å²) in [6, 6.07) is 5.25. The van der Waals surface area contributed by atoms with E-state index in [1.54, 1.807) is 18.3 Å². The summed E-state index contributed by atoms with van der Waals surface area (Å²) in [6.07, 6.45) is 6.04. The van der Waals surface area contributed by atoms with E-state index in [1.807, 2.05) is 0 Å². The molecular formula is C15H16N6O3S. The number of anilines is 3. The SMILES string of the molecule is CN(C)S(=O)(=O)c1cc(-c2ccnc(Nc3ncco3)c2)cnc1N. The molecule has 3 aromatic rings. The lowest BCUT2D eigenvalue weighted by atomic mass is 10.1.